The highest BCUT2D eigenvalue weighted by Crippen LogP contribution is 2.17. The third kappa shape index (κ3) is 8.26. The van der Waals surface area contributed by atoms with E-state index >= 15 is 0 Å². The summed E-state index contributed by atoms with van der Waals surface area (Å²) < 4.78 is 11.3. The van der Waals surface area contributed by atoms with E-state index in [4.69, 9.17) is 21.1 Å². The van der Waals surface area contributed by atoms with Crippen LogP contribution in [0.3, 0.4) is 0 Å². The maximum Gasteiger partial charge on any atom is 0.329 e. The van der Waals surface area contributed by atoms with Crippen molar-refractivity contribution in [3.63, 3.8) is 0 Å². The van der Waals surface area contributed by atoms with E-state index in [-0.39, 0.29) is 0 Å². The van der Waals surface area contributed by atoms with E-state index in [2.05, 4.69) is 22.8 Å². The molecule has 0 unspecified atom stereocenters. The molecule has 0 saturated carbocycles. The summed E-state index contributed by atoms with van der Waals surface area (Å²) in [5.74, 6) is -0.350. The van der Waals surface area contributed by atoms with E-state index in [0.717, 1.165) is 18.4 Å². The number of anilines is 1. The molecule has 0 aliphatic rings. The number of unbranched alkanes of at least 4 members (excludes halogenated alkanes) is 1. The molecule has 0 atom stereocenters. The number of halogens is 1. The first-order valence-electron chi connectivity index (χ1n) is 10.9. The Bertz CT molecular complexity index is 1120. The largest absolute Gasteiger partial charge is 0.494 e. The number of amides is 2. The molecule has 0 saturated heterocycles. The predicted molar refractivity (Wildman–Crippen MR) is 133 cm³/mol. The maximum absolute atomic E-state index is 12.1. The first kappa shape index (κ1) is 24.8. The second-order valence-electron chi connectivity index (χ2n) is 7.37. The summed E-state index contributed by atoms with van der Waals surface area (Å²) in [5.41, 5.74) is 4.39. The van der Waals surface area contributed by atoms with Gasteiger partial charge in [0.25, 0.3) is 0 Å². The molecule has 3 rings (SSSR count). The van der Waals surface area contributed by atoms with E-state index in [1.54, 1.807) is 48.5 Å². The second-order valence-corrected chi connectivity index (χ2v) is 7.80. The number of hydrazone groups is 1. The molecule has 3 aromatic carbocycles. The van der Waals surface area contributed by atoms with Gasteiger partial charge in [0.2, 0.25) is 0 Å². The van der Waals surface area contributed by atoms with E-state index in [0.29, 0.717) is 41.0 Å². The van der Waals surface area contributed by atoms with Crippen LogP contribution in [0.4, 0.5) is 5.69 Å². The number of rotatable bonds is 10. The van der Waals surface area contributed by atoms with Gasteiger partial charge in [-0.15, -0.1) is 0 Å². The summed E-state index contributed by atoms with van der Waals surface area (Å²) in [6.45, 7) is 3.12. The van der Waals surface area contributed by atoms with Gasteiger partial charge in [-0.1, -0.05) is 49.2 Å². The molecule has 34 heavy (non-hydrogen) atoms. The Hall–Kier alpha value is -3.84. The van der Waals surface area contributed by atoms with Crippen LogP contribution in [0.2, 0.25) is 5.02 Å². The second kappa shape index (κ2) is 13.0. The van der Waals surface area contributed by atoms with E-state index in [9.17, 15) is 9.59 Å². The quantitative estimate of drug-likeness (QED) is 0.181. The van der Waals surface area contributed by atoms with Crippen molar-refractivity contribution in [1.29, 1.82) is 0 Å². The zero-order chi connectivity index (χ0) is 24.2. The van der Waals surface area contributed by atoms with Gasteiger partial charge in [0.15, 0.2) is 0 Å². The number of ether oxygens (including phenoxy) is 2. The van der Waals surface area contributed by atoms with E-state index in [1.165, 1.54) is 6.21 Å². The molecule has 2 N–H and O–H groups in total. The van der Waals surface area contributed by atoms with Gasteiger partial charge in [-0.25, -0.2) is 5.43 Å². The van der Waals surface area contributed by atoms with Crippen LogP contribution in [0.5, 0.6) is 11.5 Å². The molecule has 0 radical (unpaired) electrons. The van der Waals surface area contributed by atoms with Crippen LogP contribution in [0, 0.1) is 0 Å². The molecule has 176 valence electrons. The van der Waals surface area contributed by atoms with Crippen molar-refractivity contribution >= 4 is 35.3 Å². The fourth-order valence-electron chi connectivity index (χ4n) is 2.80. The number of nitrogens with one attached hydrogen (secondary N) is 2. The molecule has 0 spiro atoms. The van der Waals surface area contributed by atoms with Crippen molar-refractivity contribution in [1.82, 2.24) is 5.43 Å². The Morgan fingerprint density at radius 1 is 0.941 bits per heavy atom. The van der Waals surface area contributed by atoms with Crippen LogP contribution in [-0.4, -0.2) is 24.6 Å². The van der Waals surface area contributed by atoms with Crippen molar-refractivity contribution in [3.8, 4) is 11.5 Å². The van der Waals surface area contributed by atoms with Crippen LogP contribution in [0.1, 0.15) is 30.9 Å². The van der Waals surface area contributed by atoms with Gasteiger partial charge in [0, 0.05) is 10.7 Å². The summed E-state index contributed by atoms with van der Waals surface area (Å²) in [6, 6.07) is 21.4. The smallest absolute Gasteiger partial charge is 0.329 e. The third-order valence-corrected chi connectivity index (χ3v) is 4.89. The third-order valence-electron chi connectivity index (χ3n) is 4.64. The lowest BCUT2D eigenvalue weighted by molar-refractivity contribution is -0.136. The van der Waals surface area contributed by atoms with Gasteiger partial charge in [-0.2, -0.15) is 5.10 Å². The summed E-state index contributed by atoms with van der Waals surface area (Å²) in [6.07, 6.45) is 3.46. The molecule has 0 heterocycles. The fourth-order valence-corrected chi connectivity index (χ4v) is 2.93. The first-order valence-corrected chi connectivity index (χ1v) is 11.3. The highest BCUT2D eigenvalue weighted by molar-refractivity contribution is 6.39. The minimum Gasteiger partial charge on any atom is -0.494 e. The molecule has 0 aliphatic heterocycles. The van der Waals surface area contributed by atoms with Crippen molar-refractivity contribution in [2.45, 2.75) is 26.4 Å². The average Bonchev–Trinajstić information content (AvgIpc) is 2.85. The first-order chi connectivity index (χ1) is 16.5. The Balaban J connectivity index is 1.46. The molecule has 0 bridgehead atoms. The molecule has 0 fully saturated rings. The molecule has 0 aromatic heterocycles. The van der Waals surface area contributed by atoms with Gasteiger partial charge in [0.1, 0.15) is 18.1 Å². The average molecular weight is 480 g/mol. The van der Waals surface area contributed by atoms with Gasteiger partial charge >= 0.3 is 11.8 Å². The Morgan fingerprint density at radius 3 is 2.44 bits per heavy atom. The Morgan fingerprint density at radius 2 is 1.71 bits per heavy atom. The lowest BCUT2D eigenvalue weighted by atomic mass is 10.2. The number of nitrogens with zero attached hydrogens (tertiary/aromatic N) is 1. The zero-order valence-electron chi connectivity index (χ0n) is 18.8. The lowest BCUT2D eigenvalue weighted by Gasteiger charge is -2.08. The highest BCUT2D eigenvalue weighted by Gasteiger charge is 2.12. The topological polar surface area (TPSA) is 89.0 Å². The highest BCUT2D eigenvalue weighted by atomic mass is 35.5. The van der Waals surface area contributed by atoms with Crippen molar-refractivity contribution in [3.05, 3.63) is 88.9 Å². The Labute approximate surface area is 203 Å². The lowest BCUT2D eigenvalue weighted by Crippen LogP contribution is -2.32. The van der Waals surface area contributed by atoms with Crippen molar-refractivity contribution in [2.75, 3.05) is 11.9 Å². The van der Waals surface area contributed by atoms with E-state index < -0.39 is 11.8 Å². The van der Waals surface area contributed by atoms with Crippen LogP contribution in [0.25, 0.3) is 0 Å². The molecule has 8 heteroatoms. The summed E-state index contributed by atoms with van der Waals surface area (Å²) in [5, 5.41) is 7.04. The minimum absolute atomic E-state index is 0.389. The van der Waals surface area contributed by atoms with Crippen LogP contribution in [-0.2, 0) is 16.2 Å². The number of carbonyl (C=O) groups is 2. The van der Waals surface area contributed by atoms with Crippen molar-refractivity contribution < 1.29 is 19.1 Å². The van der Waals surface area contributed by atoms with Crippen LogP contribution < -0.4 is 20.2 Å². The monoisotopic (exact) mass is 479 g/mol. The Kier molecular flexibility index (Phi) is 9.49. The minimum atomic E-state index is -0.880. The molecular formula is C26H26ClN3O4. The SMILES string of the molecule is CCCCOc1ccc(NC(=O)C(=O)N/N=C\c2cccc(OCc3ccc(Cl)cc3)c2)cc1. The van der Waals surface area contributed by atoms with Gasteiger partial charge in [-0.3, -0.25) is 9.59 Å². The van der Waals surface area contributed by atoms with Gasteiger partial charge < -0.3 is 14.8 Å². The van der Waals surface area contributed by atoms with Crippen LogP contribution in [0.15, 0.2) is 77.9 Å². The summed E-state index contributed by atoms with van der Waals surface area (Å²) in [4.78, 5) is 24.1. The summed E-state index contributed by atoms with van der Waals surface area (Å²) in [7, 11) is 0. The normalized spacial score (nSPS) is 10.6. The van der Waals surface area contributed by atoms with E-state index in [1.807, 2.05) is 24.3 Å². The number of hydrogen-bond acceptors (Lipinski definition) is 5. The molecular weight excluding hydrogens is 454 g/mol. The van der Waals surface area contributed by atoms with Crippen molar-refractivity contribution in [2.24, 2.45) is 5.10 Å². The molecule has 2 amide bonds. The molecule has 0 aliphatic carbocycles. The molecule has 7 nitrogen and oxygen atoms in total. The number of hydrogen-bond donors (Lipinski definition) is 2. The fraction of sp³-hybridized carbons (Fsp3) is 0.192. The molecule has 3 aromatic rings. The van der Waals surface area contributed by atoms with Crippen LogP contribution >= 0.6 is 11.6 Å². The van der Waals surface area contributed by atoms with Gasteiger partial charge in [-0.05, 0) is 66.1 Å². The summed E-state index contributed by atoms with van der Waals surface area (Å²) >= 11 is 5.89. The maximum atomic E-state index is 12.1. The standard InChI is InChI=1S/C26H26ClN3O4/c1-2-3-15-33-23-13-11-22(12-14-23)29-25(31)26(32)30-28-17-20-5-4-6-24(16-20)34-18-19-7-9-21(27)10-8-19/h4-14,16-17H,2-3,15,18H2,1H3,(H,29,31)(H,30,32)/b28-17-. The van der Waals surface area contributed by atoms with Gasteiger partial charge in [0.05, 0.1) is 12.8 Å². The number of carbonyl (C=O) groups excluding carboxylic acids is 2. The number of benzene rings is 3. The zero-order valence-corrected chi connectivity index (χ0v) is 19.5. The predicted octanol–water partition coefficient (Wildman–Crippen LogP) is 5.19.